The van der Waals surface area contributed by atoms with Crippen molar-refractivity contribution in [2.24, 2.45) is 11.8 Å². The van der Waals surface area contributed by atoms with Crippen LogP contribution < -0.4 is 9.80 Å². The number of carbonyl (C=O) groups excluding carboxylic acids is 3. The fourth-order valence-electron chi connectivity index (χ4n) is 6.97. The van der Waals surface area contributed by atoms with Gasteiger partial charge in [0.2, 0.25) is 5.91 Å². The Hall–Kier alpha value is -2.78. The minimum atomic E-state index is -0.798. The zero-order valence-corrected chi connectivity index (χ0v) is 25.5. The van der Waals surface area contributed by atoms with Crippen molar-refractivity contribution in [1.82, 2.24) is 4.90 Å². The molecule has 2 bridgehead atoms. The van der Waals surface area contributed by atoms with Crippen LogP contribution in [0.3, 0.4) is 0 Å². The molecule has 3 saturated heterocycles. The summed E-state index contributed by atoms with van der Waals surface area (Å²) < 4.78 is 4.91. The summed E-state index contributed by atoms with van der Waals surface area (Å²) in [6.45, 7) is 15.8. The summed E-state index contributed by atoms with van der Waals surface area (Å²) in [6.07, 6.45) is 6.82. The van der Waals surface area contributed by atoms with Crippen LogP contribution in [0, 0.1) is 11.8 Å². The molecule has 1 aromatic carbocycles. The quantitative estimate of drug-likeness (QED) is 0.186. The lowest BCUT2D eigenvalue weighted by atomic mass is 9.71. The van der Waals surface area contributed by atoms with Crippen molar-refractivity contribution in [3.8, 4) is 0 Å². The molecule has 9 heteroatoms. The predicted octanol–water partition coefficient (Wildman–Crippen LogP) is 4.42. The number of esters is 1. The summed E-state index contributed by atoms with van der Waals surface area (Å²) in [5, 5.41) is 10.3. The van der Waals surface area contributed by atoms with E-state index in [0.717, 1.165) is 37.3 Å². The van der Waals surface area contributed by atoms with Crippen LogP contribution in [0.15, 0.2) is 49.6 Å². The third-order valence-electron chi connectivity index (χ3n) is 8.98. The van der Waals surface area contributed by atoms with Gasteiger partial charge in [-0.1, -0.05) is 19.1 Å². The summed E-state index contributed by atoms with van der Waals surface area (Å²) >= 11 is 1.61. The molecule has 2 amide bonds. The molecule has 8 nitrogen and oxygen atoms in total. The van der Waals surface area contributed by atoms with E-state index < -0.39 is 28.7 Å². The van der Waals surface area contributed by atoms with Gasteiger partial charge >= 0.3 is 5.97 Å². The molecule has 41 heavy (non-hydrogen) atoms. The zero-order valence-electron chi connectivity index (χ0n) is 24.7. The monoisotopic (exact) mass is 583 g/mol. The van der Waals surface area contributed by atoms with E-state index in [9.17, 15) is 19.5 Å². The highest BCUT2D eigenvalue weighted by Gasteiger charge is 2.74. The number of thioether (sulfide) groups is 1. The second kappa shape index (κ2) is 13.5. The maximum Gasteiger partial charge on any atom is 0.310 e. The van der Waals surface area contributed by atoms with E-state index in [1.165, 1.54) is 0 Å². The average molecular weight is 584 g/mol. The lowest BCUT2D eigenvalue weighted by molar-refractivity contribution is -0.154. The molecule has 3 fully saturated rings. The average Bonchev–Trinajstić information content (AvgIpc) is 3.63. The van der Waals surface area contributed by atoms with Crippen LogP contribution >= 0.6 is 11.8 Å². The minimum absolute atomic E-state index is 0.0660. The second-order valence-corrected chi connectivity index (χ2v) is 12.7. The Balaban J connectivity index is 1.71. The molecule has 0 aliphatic carbocycles. The number of amides is 2. The summed E-state index contributed by atoms with van der Waals surface area (Å²) in [5.74, 6) is -2.02. The highest BCUT2D eigenvalue weighted by molar-refractivity contribution is 8.02. The third kappa shape index (κ3) is 5.55. The van der Waals surface area contributed by atoms with Gasteiger partial charge in [-0.3, -0.25) is 14.4 Å². The number of aliphatic hydroxyl groups excluding tert-OH is 1. The molecule has 224 valence electrons. The molecule has 1 spiro atoms. The Bertz CT molecular complexity index is 1120. The number of ether oxygens (including phenoxy) is 1. The number of aliphatic hydroxyl groups is 1. The van der Waals surface area contributed by atoms with Crippen molar-refractivity contribution in [2.75, 3.05) is 42.6 Å². The second-order valence-electron chi connectivity index (χ2n) is 11.1. The maximum atomic E-state index is 14.7. The molecule has 1 N–H and O–H groups in total. The fourth-order valence-corrected chi connectivity index (χ4v) is 9.16. The summed E-state index contributed by atoms with van der Waals surface area (Å²) in [4.78, 5) is 47.8. The van der Waals surface area contributed by atoms with E-state index in [2.05, 4.69) is 31.9 Å². The normalized spacial score (nSPS) is 26.9. The van der Waals surface area contributed by atoms with Crippen LogP contribution in [0.25, 0.3) is 0 Å². The van der Waals surface area contributed by atoms with Gasteiger partial charge in [0.25, 0.3) is 5.91 Å². The number of rotatable bonds is 15. The van der Waals surface area contributed by atoms with E-state index in [-0.39, 0.29) is 42.8 Å². The molecule has 6 atom stereocenters. The van der Waals surface area contributed by atoms with Crippen molar-refractivity contribution in [3.05, 3.63) is 49.6 Å². The molecule has 4 rings (SSSR count). The number of allylic oxidation sites excluding steroid dienone is 1. The Morgan fingerprint density at radius 2 is 1.85 bits per heavy atom. The lowest BCUT2D eigenvalue weighted by Gasteiger charge is -2.39. The Morgan fingerprint density at radius 1 is 1.17 bits per heavy atom. The minimum Gasteiger partial charge on any atom is -0.465 e. The van der Waals surface area contributed by atoms with Crippen LogP contribution in [0.4, 0.5) is 11.4 Å². The number of hydrogen-bond acceptors (Lipinski definition) is 7. The number of likely N-dealkylation sites (tertiary alicyclic amines) is 1. The third-order valence-corrected chi connectivity index (χ3v) is 10.9. The van der Waals surface area contributed by atoms with Gasteiger partial charge in [-0.2, -0.15) is 0 Å². The van der Waals surface area contributed by atoms with Crippen molar-refractivity contribution in [1.29, 1.82) is 0 Å². The van der Waals surface area contributed by atoms with Gasteiger partial charge in [-0.15, -0.1) is 24.9 Å². The molecule has 3 heterocycles. The maximum absolute atomic E-state index is 14.7. The van der Waals surface area contributed by atoms with Gasteiger partial charge in [0.15, 0.2) is 0 Å². The highest BCUT2D eigenvalue weighted by atomic mass is 32.2. The molecular weight excluding hydrogens is 538 g/mol. The number of nitrogens with zero attached hydrogens (tertiary/aromatic N) is 3. The van der Waals surface area contributed by atoms with E-state index in [1.807, 2.05) is 31.2 Å². The molecular formula is C32H45N3O5S. The van der Waals surface area contributed by atoms with Crippen LogP contribution in [0.1, 0.15) is 52.9 Å². The van der Waals surface area contributed by atoms with E-state index in [0.29, 0.717) is 19.3 Å². The number of anilines is 2. The summed E-state index contributed by atoms with van der Waals surface area (Å²) in [5.41, 5.74) is 1.80. The van der Waals surface area contributed by atoms with E-state index >= 15 is 0 Å². The van der Waals surface area contributed by atoms with Gasteiger partial charge in [-0.05, 0) is 70.2 Å². The van der Waals surface area contributed by atoms with Crippen LogP contribution in [0.2, 0.25) is 0 Å². The number of benzene rings is 1. The van der Waals surface area contributed by atoms with Gasteiger partial charge in [0, 0.05) is 36.3 Å². The van der Waals surface area contributed by atoms with Crippen molar-refractivity contribution < 1.29 is 24.2 Å². The van der Waals surface area contributed by atoms with Gasteiger partial charge < -0.3 is 24.5 Å². The molecule has 0 radical (unpaired) electrons. The first-order valence-corrected chi connectivity index (χ1v) is 15.9. The number of hydrogen-bond donors (Lipinski definition) is 1. The predicted molar refractivity (Wildman–Crippen MR) is 165 cm³/mol. The Kier molecular flexibility index (Phi) is 10.2. The molecule has 2 unspecified atom stereocenters. The van der Waals surface area contributed by atoms with Gasteiger partial charge in [0.1, 0.15) is 6.04 Å². The largest absolute Gasteiger partial charge is 0.465 e. The van der Waals surface area contributed by atoms with E-state index in [4.69, 9.17) is 4.74 Å². The molecule has 3 aliphatic heterocycles. The lowest BCUT2D eigenvalue weighted by Crippen LogP contribution is -2.57. The SMILES string of the molecule is C=CCCCOC(=O)[C@@H]1[C@@H]2CCC3(S2)C(C(=O)N(CC=C)c2ccc(N(CC)CC)cc2)N([C@@H](CC)CO)C(=O)[C@H]13. The van der Waals surface area contributed by atoms with Crippen LogP contribution in [-0.4, -0.2) is 82.7 Å². The topological polar surface area (TPSA) is 90.4 Å². The first-order valence-electron chi connectivity index (χ1n) is 15.0. The molecule has 0 aromatic heterocycles. The Labute approximate surface area is 248 Å². The zero-order chi connectivity index (χ0) is 29.7. The van der Waals surface area contributed by atoms with Gasteiger partial charge in [-0.25, -0.2) is 0 Å². The Morgan fingerprint density at radius 3 is 2.44 bits per heavy atom. The molecule has 0 saturated carbocycles. The molecule has 3 aliphatic rings. The van der Waals surface area contributed by atoms with Gasteiger partial charge in [0.05, 0.1) is 35.8 Å². The fraction of sp³-hybridized carbons (Fsp3) is 0.594. The van der Waals surface area contributed by atoms with Crippen molar-refractivity contribution >= 4 is 40.9 Å². The number of carbonyl (C=O) groups is 3. The number of unbranched alkanes of at least 4 members (excludes halogenated alkanes) is 1. The standard InChI is InChI=1S/C32H45N3O5S/c1-6-11-12-20-40-31(39)26-25-17-18-32(41-25)27(26)29(37)35(22(8-3)21-36)28(32)30(38)34(19-7-2)24-15-13-23(14-16-24)33(9-4)10-5/h6-7,13-16,22,25-28,36H,1-2,8-12,17-21H2,3-5H3/t22-,25-,26+,27-,28?,32?/m0/s1. The van der Waals surface area contributed by atoms with Crippen molar-refractivity contribution in [2.45, 2.75) is 75.0 Å². The van der Waals surface area contributed by atoms with Crippen LogP contribution in [0.5, 0.6) is 0 Å². The molecule has 1 aromatic rings. The smallest absolute Gasteiger partial charge is 0.310 e. The van der Waals surface area contributed by atoms with Crippen molar-refractivity contribution in [3.63, 3.8) is 0 Å². The summed E-state index contributed by atoms with van der Waals surface area (Å²) in [6, 6.07) is 6.60. The summed E-state index contributed by atoms with van der Waals surface area (Å²) in [7, 11) is 0. The highest BCUT2D eigenvalue weighted by Crippen LogP contribution is 2.67. The number of fused-ring (bicyclic) bond motifs is 1. The first-order chi connectivity index (χ1) is 19.8. The van der Waals surface area contributed by atoms with E-state index in [1.54, 1.807) is 33.7 Å². The first kappa shape index (κ1) is 31.2. The van der Waals surface area contributed by atoms with Crippen LogP contribution in [-0.2, 0) is 19.1 Å².